The van der Waals surface area contributed by atoms with Crippen LogP contribution in [0.4, 0.5) is 4.39 Å². The molecule has 0 saturated carbocycles. The summed E-state index contributed by atoms with van der Waals surface area (Å²) in [7, 11) is 2.04. The number of alkyl halides is 1. The maximum Gasteiger partial charge on any atom is 0.100 e. The zero-order chi connectivity index (χ0) is 14.0. The van der Waals surface area contributed by atoms with Gasteiger partial charge in [-0.3, -0.25) is 0 Å². The van der Waals surface area contributed by atoms with E-state index in [0.29, 0.717) is 5.92 Å². The van der Waals surface area contributed by atoms with Crippen molar-refractivity contribution in [2.24, 2.45) is 5.92 Å². The van der Waals surface area contributed by atoms with E-state index in [0.717, 1.165) is 32.1 Å². The van der Waals surface area contributed by atoms with Crippen molar-refractivity contribution < 1.29 is 4.39 Å². The summed E-state index contributed by atoms with van der Waals surface area (Å²) in [6.45, 7) is 8.90. The monoisotopic (exact) mass is 259 g/mol. The van der Waals surface area contributed by atoms with Crippen LogP contribution >= 0.6 is 0 Å². The van der Waals surface area contributed by atoms with Crippen molar-refractivity contribution in [1.82, 2.24) is 5.32 Å². The van der Waals surface area contributed by atoms with Gasteiger partial charge >= 0.3 is 0 Å². The van der Waals surface area contributed by atoms with Crippen LogP contribution in [-0.4, -0.2) is 18.8 Å². The van der Waals surface area contributed by atoms with E-state index in [4.69, 9.17) is 0 Å². The molecule has 0 radical (unpaired) electrons. The van der Waals surface area contributed by atoms with Gasteiger partial charge in [0.25, 0.3) is 0 Å². The van der Waals surface area contributed by atoms with Crippen LogP contribution < -0.4 is 5.32 Å². The number of halogens is 1. The lowest BCUT2D eigenvalue weighted by atomic mass is 9.79. The van der Waals surface area contributed by atoms with E-state index in [9.17, 15) is 4.39 Å². The van der Waals surface area contributed by atoms with Crippen LogP contribution in [-0.2, 0) is 0 Å². The molecule has 110 valence electrons. The van der Waals surface area contributed by atoms with Gasteiger partial charge in [0.15, 0.2) is 0 Å². The maximum absolute atomic E-state index is 13.7. The molecule has 0 heterocycles. The molecule has 2 heteroatoms. The van der Waals surface area contributed by atoms with Gasteiger partial charge in [-0.05, 0) is 45.6 Å². The second kappa shape index (κ2) is 9.77. The molecule has 3 atom stereocenters. The van der Waals surface area contributed by atoms with Crippen LogP contribution in [0.3, 0.4) is 0 Å². The van der Waals surface area contributed by atoms with Crippen LogP contribution in [0.1, 0.15) is 79.1 Å². The molecule has 0 spiro atoms. The minimum Gasteiger partial charge on any atom is -0.314 e. The summed E-state index contributed by atoms with van der Waals surface area (Å²) < 4.78 is 13.7. The Morgan fingerprint density at radius 1 is 1.06 bits per heavy atom. The van der Waals surface area contributed by atoms with Gasteiger partial charge in [0.05, 0.1) is 0 Å². The average Bonchev–Trinajstić information content (AvgIpc) is 2.39. The van der Waals surface area contributed by atoms with E-state index in [2.05, 4.69) is 33.0 Å². The molecule has 0 aliphatic rings. The second-order valence-electron chi connectivity index (χ2n) is 5.99. The Kier molecular flexibility index (Phi) is 9.71. The van der Waals surface area contributed by atoms with Crippen molar-refractivity contribution in [2.75, 3.05) is 7.05 Å². The molecule has 0 bridgehead atoms. The molecule has 0 aliphatic heterocycles. The Labute approximate surface area is 114 Å². The van der Waals surface area contributed by atoms with Gasteiger partial charge in [0.2, 0.25) is 0 Å². The summed E-state index contributed by atoms with van der Waals surface area (Å²) >= 11 is 0. The molecule has 0 saturated heterocycles. The summed E-state index contributed by atoms with van der Waals surface area (Å²) in [5.74, 6) is 0.536. The molecule has 0 aromatic heterocycles. The van der Waals surface area contributed by atoms with E-state index in [1.807, 2.05) is 7.05 Å². The van der Waals surface area contributed by atoms with Gasteiger partial charge in [-0.15, -0.1) is 0 Å². The molecular formula is C16H34FN. The smallest absolute Gasteiger partial charge is 0.100 e. The fourth-order valence-corrected chi connectivity index (χ4v) is 2.48. The Morgan fingerprint density at radius 2 is 1.67 bits per heavy atom. The molecule has 0 amide bonds. The highest BCUT2D eigenvalue weighted by molar-refractivity contribution is 4.87. The molecule has 0 fully saturated rings. The summed E-state index contributed by atoms with van der Waals surface area (Å²) in [5.41, 5.74) is 0.167. The van der Waals surface area contributed by atoms with E-state index in [1.165, 1.54) is 19.3 Å². The second-order valence-corrected chi connectivity index (χ2v) is 5.99. The SMILES string of the molecule is CCCC[C@H](F)CC[C@@H](C)[C@@](C)(CCCC)NC. The van der Waals surface area contributed by atoms with Crippen molar-refractivity contribution in [3.63, 3.8) is 0 Å². The lowest BCUT2D eigenvalue weighted by Crippen LogP contribution is -2.45. The molecule has 0 aromatic carbocycles. The maximum atomic E-state index is 13.7. The quantitative estimate of drug-likeness (QED) is 0.544. The van der Waals surface area contributed by atoms with Crippen LogP contribution in [0.2, 0.25) is 0 Å². The first-order chi connectivity index (χ1) is 8.50. The first kappa shape index (κ1) is 17.9. The standard InChI is InChI=1S/C16H34FN/c1-6-8-10-15(17)12-11-14(3)16(4,18-5)13-9-7-2/h14-15,18H,6-13H2,1-5H3/t14-,15+,16-/m1/s1. The highest BCUT2D eigenvalue weighted by Gasteiger charge is 2.28. The Hall–Kier alpha value is -0.110. The average molecular weight is 259 g/mol. The number of rotatable bonds is 11. The predicted octanol–water partition coefficient (Wildman–Crippen LogP) is 5.10. The van der Waals surface area contributed by atoms with Crippen molar-refractivity contribution in [2.45, 2.75) is 90.8 Å². The minimum absolute atomic E-state index is 0.167. The number of hydrogen-bond donors (Lipinski definition) is 1. The Balaban J connectivity index is 4.06. The highest BCUT2D eigenvalue weighted by Crippen LogP contribution is 2.28. The number of hydrogen-bond acceptors (Lipinski definition) is 1. The molecule has 0 aromatic rings. The third kappa shape index (κ3) is 6.72. The lowest BCUT2D eigenvalue weighted by molar-refractivity contribution is 0.196. The van der Waals surface area contributed by atoms with Crippen LogP contribution in [0.25, 0.3) is 0 Å². The normalized spacial score (nSPS) is 18.3. The predicted molar refractivity (Wildman–Crippen MR) is 79.8 cm³/mol. The van der Waals surface area contributed by atoms with Crippen molar-refractivity contribution in [1.29, 1.82) is 0 Å². The largest absolute Gasteiger partial charge is 0.314 e. The molecule has 1 nitrogen and oxygen atoms in total. The molecule has 0 aliphatic carbocycles. The van der Waals surface area contributed by atoms with E-state index in [1.54, 1.807) is 0 Å². The van der Waals surface area contributed by atoms with Crippen molar-refractivity contribution >= 4 is 0 Å². The van der Waals surface area contributed by atoms with Crippen LogP contribution in [0, 0.1) is 5.92 Å². The summed E-state index contributed by atoms with van der Waals surface area (Å²) in [5, 5.41) is 3.46. The molecule has 1 N–H and O–H groups in total. The van der Waals surface area contributed by atoms with E-state index < -0.39 is 6.17 Å². The third-order valence-electron chi connectivity index (χ3n) is 4.49. The zero-order valence-corrected chi connectivity index (χ0v) is 13.2. The van der Waals surface area contributed by atoms with Gasteiger partial charge in [0.1, 0.15) is 6.17 Å². The summed E-state index contributed by atoms with van der Waals surface area (Å²) in [6.07, 6.45) is 7.65. The van der Waals surface area contributed by atoms with E-state index in [-0.39, 0.29) is 5.54 Å². The molecular weight excluding hydrogens is 225 g/mol. The zero-order valence-electron chi connectivity index (χ0n) is 13.2. The topological polar surface area (TPSA) is 12.0 Å². The van der Waals surface area contributed by atoms with Crippen molar-refractivity contribution in [3.8, 4) is 0 Å². The lowest BCUT2D eigenvalue weighted by Gasteiger charge is -2.36. The van der Waals surface area contributed by atoms with Crippen LogP contribution in [0.15, 0.2) is 0 Å². The number of unbranched alkanes of at least 4 members (excludes halogenated alkanes) is 2. The third-order valence-corrected chi connectivity index (χ3v) is 4.49. The molecule has 18 heavy (non-hydrogen) atoms. The Bertz CT molecular complexity index is 196. The van der Waals surface area contributed by atoms with Gasteiger partial charge in [-0.25, -0.2) is 4.39 Å². The minimum atomic E-state index is -0.598. The van der Waals surface area contributed by atoms with Gasteiger partial charge < -0.3 is 5.32 Å². The van der Waals surface area contributed by atoms with Crippen molar-refractivity contribution in [3.05, 3.63) is 0 Å². The van der Waals surface area contributed by atoms with Gasteiger partial charge in [0, 0.05) is 5.54 Å². The highest BCUT2D eigenvalue weighted by atomic mass is 19.1. The van der Waals surface area contributed by atoms with Gasteiger partial charge in [-0.2, -0.15) is 0 Å². The van der Waals surface area contributed by atoms with Crippen LogP contribution in [0.5, 0.6) is 0 Å². The summed E-state index contributed by atoms with van der Waals surface area (Å²) in [4.78, 5) is 0. The first-order valence-corrected chi connectivity index (χ1v) is 7.83. The fraction of sp³-hybridized carbons (Fsp3) is 1.00. The molecule has 0 unspecified atom stereocenters. The van der Waals surface area contributed by atoms with E-state index >= 15 is 0 Å². The molecule has 0 rings (SSSR count). The Morgan fingerprint density at radius 3 is 2.17 bits per heavy atom. The summed E-state index contributed by atoms with van der Waals surface area (Å²) in [6, 6.07) is 0. The first-order valence-electron chi connectivity index (χ1n) is 7.83. The van der Waals surface area contributed by atoms with Gasteiger partial charge in [-0.1, -0.05) is 46.5 Å². The number of nitrogens with one attached hydrogen (secondary N) is 1. The fourth-order valence-electron chi connectivity index (χ4n) is 2.48.